The molecule has 2 aromatic rings. The molecule has 0 radical (unpaired) electrons. The molecule has 2 heterocycles. The van der Waals surface area contributed by atoms with E-state index >= 15 is 0 Å². The van der Waals surface area contributed by atoms with Crippen molar-refractivity contribution in [3.05, 3.63) is 53.6 Å². The number of anilines is 1. The van der Waals surface area contributed by atoms with E-state index in [-0.39, 0.29) is 11.6 Å². The SMILES string of the molecule is CC(=O)c1cnc(NC2(c3ccc(F)cc3)CCOCC2)nc1. The van der Waals surface area contributed by atoms with Crippen LogP contribution < -0.4 is 5.32 Å². The van der Waals surface area contributed by atoms with Crippen molar-refractivity contribution in [2.24, 2.45) is 0 Å². The Bertz CT molecular complexity index is 680. The molecular weight excluding hydrogens is 297 g/mol. The highest BCUT2D eigenvalue weighted by molar-refractivity contribution is 5.93. The fourth-order valence-electron chi connectivity index (χ4n) is 2.76. The van der Waals surface area contributed by atoms with Crippen molar-refractivity contribution in [3.8, 4) is 0 Å². The van der Waals surface area contributed by atoms with Gasteiger partial charge in [0.25, 0.3) is 0 Å². The maximum atomic E-state index is 13.2. The normalized spacial score (nSPS) is 16.8. The number of ketones is 1. The van der Waals surface area contributed by atoms with Crippen LogP contribution in [0.1, 0.15) is 35.7 Å². The van der Waals surface area contributed by atoms with Crippen molar-refractivity contribution in [3.63, 3.8) is 0 Å². The lowest BCUT2D eigenvalue weighted by molar-refractivity contribution is 0.0591. The highest BCUT2D eigenvalue weighted by atomic mass is 19.1. The minimum Gasteiger partial charge on any atom is -0.381 e. The van der Waals surface area contributed by atoms with Crippen molar-refractivity contribution >= 4 is 11.7 Å². The van der Waals surface area contributed by atoms with Crippen LogP contribution in [0, 0.1) is 5.82 Å². The van der Waals surface area contributed by atoms with Crippen LogP contribution in [0.4, 0.5) is 10.3 Å². The highest BCUT2D eigenvalue weighted by Gasteiger charge is 2.35. The summed E-state index contributed by atoms with van der Waals surface area (Å²) in [6.07, 6.45) is 4.48. The van der Waals surface area contributed by atoms with Gasteiger partial charge in [-0.1, -0.05) is 12.1 Å². The quantitative estimate of drug-likeness (QED) is 0.879. The first-order chi connectivity index (χ1) is 11.1. The molecule has 23 heavy (non-hydrogen) atoms. The predicted octanol–water partition coefficient (Wildman–Crippen LogP) is 2.94. The van der Waals surface area contributed by atoms with E-state index in [1.54, 1.807) is 12.1 Å². The number of ether oxygens (including phenoxy) is 1. The third-order valence-electron chi connectivity index (χ3n) is 4.15. The van der Waals surface area contributed by atoms with E-state index in [0.717, 1.165) is 18.4 Å². The van der Waals surface area contributed by atoms with Crippen LogP contribution >= 0.6 is 0 Å². The van der Waals surface area contributed by atoms with E-state index in [4.69, 9.17) is 4.74 Å². The van der Waals surface area contributed by atoms with E-state index in [2.05, 4.69) is 15.3 Å². The third-order valence-corrected chi connectivity index (χ3v) is 4.15. The molecule has 5 nitrogen and oxygen atoms in total. The average molecular weight is 315 g/mol. The van der Waals surface area contributed by atoms with Crippen molar-refractivity contribution in [2.75, 3.05) is 18.5 Å². The summed E-state index contributed by atoms with van der Waals surface area (Å²) in [5, 5.41) is 3.36. The van der Waals surface area contributed by atoms with E-state index in [1.807, 2.05) is 0 Å². The molecule has 120 valence electrons. The molecule has 1 aromatic heterocycles. The van der Waals surface area contributed by atoms with Gasteiger partial charge in [-0.15, -0.1) is 0 Å². The molecular formula is C17H18FN3O2. The van der Waals surface area contributed by atoms with Crippen molar-refractivity contribution < 1.29 is 13.9 Å². The Morgan fingerprint density at radius 3 is 2.35 bits per heavy atom. The molecule has 0 aliphatic carbocycles. The fourth-order valence-corrected chi connectivity index (χ4v) is 2.76. The van der Waals surface area contributed by atoms with Gasteiger partial charge in [0.1, 0.15) is 5.82 Å². The number of benzene rings is 1. The van der Waals surface area contributed by atoms with Crippen LogP contribution in [0.5, 0.6) is 0 Å². The lowest BCUT2D eigenvalue weighted by Crippen LogP contribution is -2.41. The van der Waals surface area contributed by atoms with Crippen molar-refractivity contribution in [1.82, 2.24) is 9.97 Å². The summed E-state index contributed by atoms with van der Waals surface area (Å²) in [5.74, 6) is 0.107. The minimum atomic E-state index is -0.399. The number of Topliss-reactive ketones (excluding diaryl/α,β-unsaturated/α-hetero) is 1. The second-order valence-electron chi connectivity index (χ2n) is 5.68. The van der Waals surface area contributed by atoms with Gasteiger partial charge in [0.05, 0.1) is 11.1 Å². The Kier molecular flexibility index (Phi) is 4.34. The third kappa shape index (κ3) is 3.37. The van der Waals surface area contributed by atoms with Crippen LogP contribution in [0.15, 0.2) is 36.7 Å². The standard InChI is InChI=1S/C17H18FN3O2/c1-12(22)13-10-19-16(20-11-13)21-17(6-8-23-9-7-17)14-2-4-15(18)5-3-14/h2-5,10-11H,6-9H2,1H3,(H,19,20,21). The van der Waals surface area contributed by atoms with E-state index < -0.39 is 5.54 Å². The molecule has 1 aliphatic rings. The van der Waals surface area contributed by atoms with Crippen LogP contribution in [0.25, 0.3) is 0 Å². The molecule has 1 aliphatic heterocycles. The van der Waals surface area contributed by atoms with E-state index in [9.17, 15) is 9.18 Å². The van der Waals surface area contributed by atoms with Gasteiger partial charge < -0.3 is 10.1 Å². The lowest BCUT2D eigenvalue weighted by atomic mass is 9.83. The molecule has 3 rings (SSSR count). The molecule has 0 saturated carbocycles. The molecule has 6 heteroatoms. The largest absolute Gasteiger partial charge is 0.381 e. The highest BCUT2D eigenvalue weighted by Crippen LogP contribution is 2.35. The number of hydrogen-bond acceptors (Lipinski definition) is 5. The number of hydrogen-bond donors (Lipinski definition) is 1. The topological polar surface area (TPSA) is 64.1 Å². The molecule has 0 spiro atoms. The molecule has 1 N–H and O–H groups in total. The Labute approximate surface area is 133 Å². The summed E-state index contributed by atoms with van der Waals surface area (Å²) in [6, 6.07) is 6.46. The van der Waals surface area contributed by atoms with Crippen LogP contribution in [-0.4, -0.2) is 29.0 Å². The zero-order valence-electron chi connectivity index (χ0n) is 12.9. The van der Waals surface area contributed by atoms with Gasteiger partial charge in [0.15, 0.2) is 5.78 Å². The minimum absolute atomic E-state index is 0.0733. The summed E-state index contributed by atoms with van der Waals surface area (Å²) in [5.41, 5.74) is 1.05. The number of carbonyl (C=O) groups is 1. The van der Waals surface area contributed by atoms with Gasteiger partial charge in [0, 0.05) is 25.6 Å². The van der Waals surface area contributed by atoms with E-state index in [1.165, 1.54) is 31.5 Å². The maximum absolute atomic E-state index is 13.2. The Morgan fingerprint density at radius 2 is 1.78 bits per heavy atom. The second kappa shape index (κ2) is 6.42. The zero-order chi connectivity index (χ0) is 16.3. The lowest BCUT2D eigenvalue weighted by Gasteiger charge is -2.38. The molecule has 0 atom stereocenters. The number of nitrogens with one attached hydrogen (secondary N) is 1. The molecule has 0 bridgehead atoms. The number of nitrogens with zero attached hydrogens (tertiary/aromatic N) is 2. The van der Waals surface area contributed by atoms with Gasteiger partial charge in [-0.25, -0.2) is 14.4 Å². The van der Waals surface area contributed by atoms with Crippen LogP contribution in [0.3, 0.4) is 0 Å². The average Bonchev–Trinajstić information content (AvgIpc) is 2.57. The smallest absolute Gasteiger partial charge is 0.223 e. The summed E-state index contributed by atoms with van der Waals surface area (Å²) in [6.45, 7) is 2.69. The summed E-state index contributed by atoms with van der Waals surface area (Å²) in [4.78, 5) is 19.8. The first-order valence-electron chi connectivity index (χ1n) is 7.54. The van der Waals surface area contributed by atoms with Gasteiger partial charge in [-0.2, -0.15) is 0 Å². The second-order valence-corrected chi connectivity index (χ2v) is 5.68. The predicted molar refractivity (Wildman–Crippen MR) is 83.8 cm³/mol. The molecule has 1 saturated heterocycles. The van der Waals surface area contributed by atoms with Crippen molar-refractivity contribution in [2.45, 2.75) is 25.3 Å². The van der Waals surface area contributed by atoms with Gasteiger partial charge in [0.2, 0.25) is 5.95 Å². The van der Waals surface area contributed by atoms with Crippen LogP contribution in [0.2, 0.25) is 0 Å². The van der Waals surface area contributed by atoms with Gasteiger partial charge in [-0.3, -0.25) is 4.79 Å². The maximum Gasteiger partial charge on any atom is 0.223 e. The fraction of sp³-hybridized carbons (Fsp3) is 0.353. The molecule has 1 aromatic carbocycles. The van der Waals surface area contributed by atoms with E-state index in [0.29, 0.717) is 24.7 Å². The first kappa shape index (κ1) is 15.6. The number of rotatable bonds is 4. The van der Waals surface area contributed by atoms with Gasteiger partial charge in [-0.05, 0) is 37.5 Å². The number of carbonyl (C=O) groups excluding carboxylic acids is 1. The van der Waals surface area contributed by atoms with Gasteiger partial charge >= 0.3 is 0 Å². The summed E-state index contributed by atoms with van der Waals surface area (Å²) >= 11 is 0. The summed E-state index contributed by atoms with van der Waals surface area (Å²) < 4.78 is 18.7. The molecule has 0 unspecified atom stereocenters. The van der Waals surface area contributed by atoms with Crippen LogP contribution in [-0.2, 0) is 10.3 Å². The monoisotopic (exact) mass is 315 g/mol. The Morgan fingerprint density at radius 1 is 1.17 bits per heavy atom. The first-order valence-corrected chi connectivity index (χ1v) is 7.54. The number of halogens is 1. The Balaban J connectivity index is 1.90. The number of aromatic nitrogens is 2. The molecule has 1 fully saturated rings. The molecule has 0 amide bonds. The van der Waals surface area contributed by atoms with Crippen molar-refractivity contribution in [1.29, 1.82) is 0 Å². The Hall–Kier alpha value is -2.34. The zero-order valence-corrected chi connectivity index (χ0v) is 12.9. The summed E-state index contributed by atoms with van der Waals surface area (Å²) in [7, 11) is 0.